The number of H-pyrrole nitrogens is 1. The fourth-order valence-electron chi connectivity index (χ4n) is 3.19. The normalized spacial score (nSPS) is 12.7. The maximum Gasteiger partial charge on any atom is 0.316 e. The van der Waals surface area contributed by atoms with Crippen molar-refractivity contribution < 1.29 is 13.1 Å². The SMILES string of the molecule is COc1cc(-c2nc3cc(C(C)(C)C)[nH]n3n2)ccc1NS(=O)Oc1cc(C)ccc1C. The molecule has 2 aromatic carbocycles. The van der Waals surface area contributed by atoms with Crippen LogP contribution in [0.3, 0.4) is 0 Å². The van der Waals surface area contributed by atoms with Crippen molar-refractivity contribution in [3.8, 4) is 22.9 Å². The van der Waals surface area contributed by atoms with Crippen LogP contribution < -0.4 is 13.6 Å². The summed E-state index contributed by atoms with van der Waals surface area (Å²) in [6, 6.07) is 13.2. The smallest absolute Gasteiger partial charge is 0.316 e. The van der Waals surface area contributed by atoms with Crippen LogP contribution in [0.15, 0.2) is 42.5 Å². The number of hydrogen-bond donors (Lipinski definition) is 2. The highest BCUT2D eigenvalue weighted by Gasteiger charge is 2.19. The first-order valence-electron chi connectivity index (χ1n) is 10.2. The number of fused-ring (bicyclic) bond motifs is 1. The molecule has 0 fully saturated rings. The largest absolute Gasteiger partial charge is 0.495 e. The van der Waals surface area contributed by atoms with Crippen molar-refractivity contribution in [3.05, 3.63) is 59.3 Å². The van der Waals surface area contributed by atoms with Gasteiger partial charge >= 0.3 is 11.3 Å². The monoisotopic (exact) mass is 453 g/mol. The van der Waals surface area contributed by atoms with E-state index in [0.717, 1.165) is 28.0 Å². The molecule has 2 heterocycles. The minimum atomic E-state index is -1.79. The second-order valence-electron chi connectivity index (χ2n) is 8.73. The molecule has 8 nitrogen and oxygen atoms in total. The highest BCUT2D eigenvalue weighted by molar-refractivity contribution is 7.82. The third-order valence-corrected chi connectivity index (χ3v) is 5.82. The van der Waals surface area contributed by atoms with Crippen molar-refractivity contribution in [1.29, 1.82) is 0 Å². The van der Waals surface area contributed by atoms with E-state index in [1.165, 1.54) is 0 Å². The predicted octanol–water partition coefficient (Wildman–Crippen LogP) is 4.72. The maximum absolute atomic E-state index is 12.6. The summed E-state index contributed by atoms with van der Waals surface area (Å²) in [6.07, 6.45) is 0. The van der Waals surface area contributed by atoms with Gasteiger partial charge in [0.25, 0.3) is 0 Å². The first-order valence-corrected chi connectivity index (χ1v) is 11.3. The predicted molar refractivity (Wildman–Crippen MR) is 126 cm³/mol. The lowest BCUT2D eigenvalue weighted by Crippen LogP contribution is -2.12. The highest BCUT2D eigenvalue weighted by atomic mass is 32.2. The van der Waals surface area contributed by atoms with Crippen LogP contribution in [0.4, 0.5) is 5.69 Å². The molecule has 0 saturated heterocycles. The van der Waals surface area contributed by atoms with Gasteiger partial charge in [0, 0.05) is 22.7 Å². The maximum atomic E-state index is 12.6. The third kappa shape index (κ3) is 4.47. The van der Waals surface area contributed by atoms with Gasteiger partial charge in [0.2, 0.25) is 0 Å². The van der Waals surface area contributed by atoms with Crippen molar-refractivity contribution in [1.82, 2.24) is 19.8 Å². The average molecular weight is 454 g/mol. The Kier molecular flexibility index (Phi) is 5.68. The molecule has 0 aliphatic heterocycles. The number of hydrogen-bond acceptors (Lipinski definition) is 5. The standard InChI is InChI=1S/C23H27N5O3S/c1-14-7-8-15(2)18(11-14)31-32(29)27-17-10-9-16(12-19(17)30-6)22-24-21-13-20(23(3,4)5)25-28(21)26-22/h7-13,25,27H,1-6H3. The fraction of sp³-hybridized carbons (Fsp3) is 0.304. The van der Waals surface area contributed by atoms with Crippen molar-refractivity contribution in [2.45, 2.75) is 40.0 Å². The Bertz CT molecular complexity index is 1270. The molecule has 1 unspecified atom stereocenters. The van der Waals surface area contributed by atoms with E-state index >= 15 is 0 Å². The van der Waals surface area contributed by atoms with E-state index in [9.17, 15) is 4.21 Å². The molecule has 0 saturated carbocycles. The van der Waals surface area contributed by atoms with Gasteiger partial charge in [0.05, 0.1) is 12.8 Å². The van der Waals surface area contributed by atoms with Gasteiger partial charge in [-0.05, 0) is 49.2 Å². The summed E-state index contributed by atoms with van der Waals surface area (Å²) in [5.41, 5.74) is 5.04. The number of methoxy groups -OCH3 is 1. The van der Waals surface area contributed by atoms with Gasteiger partial charge < -0.3 is 8.92 Å². The third-order valence-electron chi connectivity index (χ3n) is 5.10. The number of anilines is 1. The summed E-state index contributed by atoms with van der Waals surface area (Å²) in [5, 5.41) is 7.81. The molecule has 1 atom stereocenters. The molecule has 9 heteroatoms. The lowest BCUT2D eigenvalue weighted by Gasteiger charge is -2.14. The van der Waals surface area contributed by atoms with Crippen molar-refractivity contribution in [2.75, 3.05) is 11.8 Å². The summed E-state index contributed by atoms with van der Waals surface area (Å²) in [4.78, 5) is 4.62. The molecule has 4 rings (SSSR count). The molecule has 168 valence electrons. The van der Waals surface area contributed by atoms with E-state index in [4.69, 9.17) is 8.92 Å². The van der Waals surface area contributed by atoms with Crippen molar-refractivity contribution in [3.63, 3.8) is 0 Å². The quantitative estimate of drug-likeness (QED) is 0.441. The minimum absolute atomic E-state index is 0.0201. The Morgan fingerprint density at radius 3 is 2.53 bits per heavy atom. The number of nitrogens with zero attached hydrogens (tertiary/aromatic N) is 3. The van der Waals surface area contributed by atoms with Crippen LogP contribution in [-0.2, 0) is 16.7 Å². The first kappa shape index (κ1) is 21.9. The lowest BCUT2D eigenvalue weighted by atomic mass is 9.93. The molecule has 0 bridgehead atoms. The van der Waals surface area contributed by atoms with Gasteiger partial charge in [-0.1, -0.05) is 32.9 Å². The number of ether oxygens (including phenoxy) is 1. The van der Waals surface area contributed by atoms with E-state index in [0.29, 0.717) is 23.0 Å². The van der Waals surface area contributed by atoms with Crippen LogP contribution in [0.1, 0.15) is 37.6 Å². The summed E-state index contributed by atoms with van der Waals surface area (Å²) < 4.78 is 28.2. The zero-order chi connectivity index (χ0) is 23.0. The molecule has 2 aromatic heterocycles. The lowest BCUT2D eigenvalue weighted by molar-refractivity contribution is 0.417. The van der Waals surface area contributed by atoms with Crippen LogP contribution >= 0.6 is 0 Å². The molecule has 2 N–H and O–H groups in total. The van der Waals surface area contributed by atoms with Gasteiger partial charge in [-0.25, -0.2) is 4.98 Å². The summed E-state index contributed by atoms with van der Waals surface area (Å²) >= 11 is -1.79. The minimum Gasteiger partial charge on any atom is -0.495 e. The Hall–Kier alpha value is -3.33. The van der Waals surface area contributed by atoms with E-state index in [2.05, 4.69) is 40.7 Å². The van der Waals surface area contributed by atoms with Crippen molar-refractivity contribution >= 4 is 22.6 Å². The number of aromatic nitrogens is 4. The Morgan fingerprint density at radius 2 is 1.84 bits per heavy atom. The summed E-state index contributed by atoms with van der Waals surface area (Å²) in [6.45, 7) is 10.3. The zero-order valence-electron chi connectivity index (χ0n) is 19.0. The summed E-state index contributed by atoms with van der Waals surface area (Å²) in [5.74, 6) is 1.64. The van der Waals surface area contributed by atoms with Crippen LogP contribution in [0.5, 0.6) is 11.5 Å². The van der Waals surface area contributed by atoms with Gasteiger partial charge in [0.1, 0.15) is 11.5 Å². The molecule has 0 radical (unpaired) electrons. The topological polar surface area (TPSA) is 93.5 Å². The van der Waals surface area contributed by atoms with Gasteiger partial charge in [-0.2, -0.15) is 8.84 Å². The number of benzene rings is 2. The highest BCUT2D eigenvalue weighted by Crippen LogP contribution is 2.31. The molecule has 0 aliphatic carbocycles. The van der Waals surface area contributed by atoms with E-state index in [1.54, 1.807) is 23.9 Å². The first-order chi connectivity index (χ1) is 15.1. The molecule has 4 aromatic rings. The molecular weight excluding hydrogens is 426 g/mol. The number of rotatable bonds is 6. The average Bonchev–Trinajstić information content (AvgIpc) is 3.30. The van der Waals surface area contributed by atoms with Crippen LogP contribution in [0.2, 0.25) is 0 Å². The second kappa shape index (κ2) is 8.31. The van der Waals surface area contributed by atoms with Crippen LogP contribution in [0, 0.1) is 13.8 Å². The van der Waals surface area contributed by atoms with Gasteiger partial charge in [-0.3, -0.25) is 9.82 Å². The number of aromatic amines is 1. The van der Waals surface area contributed by atoms with Crippen LogP contribution in [0.25, 0.3) is 17.0 Å². The number of aryl methyl sites for hydroxylation is 2. The second-order valence-corrected chi connectivity index (χ2v) is 9.57. The molecular formula is C23H27N5O3S. The molecule has 0 aliphatic rings. The van der Waals surface area contributed by atoms with E-state index in [-0.39, 0.29) is 5.41 Å². The fourth-order valence-corrected chi connectivity index (χ4v) is 3.92. The van der Waals surface area contributed by atoms with E-state index < -0.39 is 11.3 Å². The Labute approximate surface area is 189 Å². The van der Waals surface area contributed by atoms with Gasteiger partial charge in [-0.15, -0.1) is 5.10 Å². The van der Waals surface area contributed by atoms with Crippen LogP contribution in [-0.4, -0.2) is 31.1 Å². The summed E-state index contributed by atoms with van der Waals surface area (Å²) in [7, 11) is 1.55. The number of nitrogens with one attached hydrogen (secondary N) is 2. The molecule has 32 heavy (non-hydrogen) atoms. The van der Waals surface area contributed by atoms with Crippen molar-refractivity contribution in [2.24, 2.45) is 0 Å². The Balaban J connectivity index is 1.55. The van der Waals surface area contributed by atoms with E-state index in [1.807, 2.05) is 44.2 Å². The zero-order valence-corrected chi connectivity index (χ0v) is 19.8. The van der Waals surface area contributed by atoms with Gasteiger partial charge in [0.15, 0.2) is 11.5 Å². The Morgan fingerprint density at radius 1 is 1.06 bits per heavy atom. The molecule has 0 amide bonds. The molecule has 0 spiro atoms.